The van der Waals surface area contributed by atoms with Gasteiger partial charge in [-0.25, -0.2) is 0 Å². The van der Waals surface area contributed by atoms with E-state index in [9.17, 15) is 0 Å². The second kappa shape index (κ2) is 7.80. The molecule has 0 spiro atoms. The molecule has 1 saturated heterocycles. The fourth-order valence-corrected chi connectivity index (χ4v) is 2.16. The lowest BCUT2D eigenvalue weighted by Crippen LogP contribution is -2.34. The standard InChI is InChI=1S/C11H20N4.2ClH/c1-14(11-7-13-15(2)9-11)8-10-3-5-12-6-4-10;;/h7,9-10,12H,3-6,8H2,1-2H3;2*1H. The van der Waals surface area contributed by atoms with Crippen LogP contribution in [-0.4, -0.2) is 36.5 Å². The Hall–Kier alpha value is -0.450. The van der Waals surface area contributed by atoms with Gasteiger partial charge in [0.25, 0.3) is 0 Å². The van der Waals surface area contributed by atoms with Crippen molar-refractivity contribution >= 4 is 30.5 Å². The molecule has 0 saturated carbocycles. The maximum atomic E-state index is 4.19. The van der Waals surface area contributed by atoms with E-state index in [0.29, 0.717) is 0 Å². The summed E-state index contributed by atoms with van der Waals surface area (Å²) in [4.78, 5) is 2.31. The monoisotopic (exact) mass is 280 g/mol. The van der Waals surface area contributed by atoms with Crippen molar-refractivity contribution in [3.8, 4) is 0 Å². The normalized spacial score (nSPS) is 15.9. The van der Waals surface area contributed by atoms with E-state index in [0.717, 1.165) is 12.5 Å². The van der Waals surface area contributed by atoms with Gasteiger partial charge in [-0.2, -0.15) is 5.10 Å². The Bertz CT molecular complexity index is 310. The third-order valence-electron chi connectivity index (χ3n) is 3.12. The first-order valence-corrected chi connectivity index (χ1v) is 5.66. The maximum Gasteiger partial charge on any atom is 0.0749 e. The number of halogens is 2. The molecule has 17 heavy (non-hydrogen) atoms. The van der Waals surface area contributed by atoms with Crippen molar-refractivity contribution < 1.29 is 0 Å². The van der Waals surface area contributed by atoms with Crippen molar-refractivity contribution in [3.05, 3.63) is 12.4 Å². The summed E-state index contributed by atoms with van der Waals surface area (Å²) in [5.41, 5.74) is 1.22. The molecule has 1 fully saturated rings. The van der Waals surface area contributed by atoms with Crippen molar-refractivity contribution in [2.45, 2.75) is 12.8 Å². The molecule has 4 nitrogen and oxygen atoms in total. The quantitative estimate of drug-likeness (QED) is 0.915. The molecule has 100 valence electrons. The molecule has 0 aromatic carbocycles. The predicted molar refractivity (Wildman–Crippen MR) is 76.6 cm³/mol. The van der Waals surface area contributed by atoms with Crippen molar-refractivity contribution in [2.24, 2.45) is 13.0 Å². The molecule has 0 unspecified atom stereocenters. The van der Waals surface area contributed by atoms with Gasteiger partial charge in [0.2, 0.25) is 0 Å². The van der Waals surface area contributed by atoms with Crippen LogP contribution in [0.3, 0.4) is 0 Å². The van der Waals surface area contributed by atoms with Crippen LogP contribution < -0.4 is 10.2 Å². The van der Waals surface area contributed by atoms with E-state index in [1.807, 2.05) is 17.9 Å². The van der Waals surface area contributed by atoms with E-state index in [1.54, 1.807) is 0 Å². The van der Waals surface area contributed by atoms with E-state index in [2.05, 4.69) is 28.6 Å². The van der Waals surface area contributed by atoms with Crippen LogP contribution in [-0.2, 0) is 7.05 Å². The van der Waals surface area contributed by atoms with Gasteiger partial charge in [-0.15, -0.1) is 24.8 Å². The lowest BCUT2D eigenvalue weighted by Gasteiger charge is -2.27. The molecule has 0 aliphatic carbocycles. The summed E-state index contributed by atoms with van der Waals surface area (Å²) in [6, 6.07) is 0. The molecule has 1 aliphatic heterocycles. The van der Waals surface area contributed by atoms with Crippen LogP contribution >= 0.6 is 24.8 Å². The Kier molecular flexibility index (Phi) is 7.59. The Morgan fingerprint density at radius 2 is 2.06 bits per heavy atom. The molecular formula is C11H22Cl2N4. The summed E-state index contributed by atoms with van der Waals surface area (Å²) < 4.78 is 1.86. The first-order chi connectivity index (χ1) is 7.25. The second-order valence-electron chi connectivity index (χ2n) is 4.45. The molecule has 1 aromatic heterocycles. The maximum absolute atomic E-state index is 4.19. The van der Waals surface area contributed by atoms with Crippen LogP contribution in [0.5, 0.6) is 0 Å². The van der Waals surface area contributed by atoms with Gasteiger partial charge in [0.15, 0.2) is 0 Å². The molecule has 0 radical (unpaired) electrons. The van der Waals surface area contributed by atoms with E-state index in [-0.39, 0.29) is 24.8 Å². The van der Waals surface area contributed by atoms with Crippen molar-refractivity contribution in [1.29, 1.82) is 0 Å². The highest BCUT2D eigenvalue weighted by Gasteiger charge is 2.15. The Morgan fingerprint density at radius 1 is 1.41 bits per heavy atom. The number of hydrogen-bond donors (Lipinski definition) is 1. The van der Waals surface area contributed by atoms with Gasteiger partial charge in [-0.3, -0.25) is 4.68 Å². The molecular weight excluding hydrogens is 259 g/mol. The van der Waals surface area contributed by atoms with Gasteiger partial charge >= 0.3 is 0 Å². The van der Waals surface area contributed by atoms with Gasteiger partial charge in [0.1, 0.15) is 0 Å². The molecule has 2 heterocycles. The van der Waals surface area contributed by atoms with Crippen LogP contribution in [0.25, 0.3) is 0 Å². The van der Waals surface area contributed by atoms with Crippen molar-refractivity contribution in [3.63, 3.8) is 0 Å². The Morgan fingerprint density at radius 3 is 2.59 bits per heavy atom. The van der Waals surface area contributed by atoms with Gasteiger partial charge < -0.3 is 10.2 Å². The number of piperidine rings is 1. The molecule has 2 rings (SSSR count). The zero-order valence-electron chi connectivity index (χ0n) is 10.4. The van der Waals surface area contributed by atoms with Gasteiger partial charge in [-0.05, 0) is 31.8 Å². The van der Waals surface area contributed by atoms with Gasteiger partial charge in [-0.1, -0.05) is 0 Å². The van der Waals surface area contributed by atoms with Gasteiger partial charge in [0, 0.05) is 26.8 Å². The third kappa shape index (κ3) is 4.74. The molecule has 1 N–H and O–H groups in total. The molecule has 1 aromatic rings. The lowest BCUT2D eigenvalue weighted by atomic mass is 9.98. The first kappa shape index (κ1) is 16.6. The molecule has 0 amide bonds. The SMILES string of the molecule is CN(CC1CCNCC1)c1cnn(C)c1.Cl.Cl. The van der Waals surface area contributed by atoms with Gasteiger partial charge in [0.05, 0.1) is 11.9 Å². The third-order valence-corrected chi connectivity index (χ3v) is 3.12. The van der Waals surface area contributed by atoms with E-state index >= 15 is 0 Å². The topological polar surface area (TPSA) is 33.1 Å². The summed E-state index contributed by atoms with van der Waals surface area (Å²) in [7, 11) is 4.11. The smallest absolute Gasteiger partial charge is 0.0749 e. The average molecular weight is 281 g/mol. The summed E-state index contributed by atoms with van der Waals surface area (Å²) in [6.45, 7) is 3.49. The zero-order valence-corrected chi connectivity index (χ0v) is 12.1. The number of nitrogens with zero attached hydrogens (tertiary/aromatic N) is 3. The average Bonchev–Trinajstić information content (AvgIpc) is 2.66. The predicted octanol–water partition coefficient (Wildman–Crippen LogP) is 1.70. The van der Waals surface area contributed by atoms with E-state index in [4.69, 9.17) is 0 Å². The highest BCUT2D eigenvalue weighted by atomic mass is 35.5. The summed E-state index contributed by atoms with van der Waals surface area (Å²) in [5.74, 6) is 0.830. The summed E-state index contributed by atoms with van der Waals surface area (Å²) in [5, 5.41) is 7.59. The fraction of sp³-hybridized carbons (Fsp3) is 0.727. The fourth-order valence-electron chi connectivity index (χ4n) is 2.16. The minimum Gasteiger partial charge on any atom is -0.372 e. The summed E-state index contributed by atoms with van der Waals surface area (Å²) >= 11 is 0. The number of rotatable bonds is 3. The number of anilines is 1. The van der Waals surface area contributed by atoms with Crippen LogP contribution in [0.2, 0.25) is 0 Å². The number of aryl methyl sites for hydroxylation is 1. The highest BCUT2D eigenvalue weighted by molar-refractivity contribution is 5.85. The largest absolute Gasteiger partial charge is 0.372 e. The minimum absolute atomic E-state index is 0. The Balaban J connectivity index is 0.00000128. The molecule has 1 aliphatic rings. The van der Waals surface area contributed by atoms with Crippen molar-refractivity contribution in [2.75, 3.05) is 31.6 Å². The van der Waals surface area contributed by atoms with E-state index < -0.39 is 0 Å². The van der Waals surface area contributed by atoms with Crippen molar-refractivity contribution in [1.82, 2.24) is 15.1 Å². The molecule has 0 bridgehead atoms. The molecule has 0 atom stereocenters. The first-order valence-electron chi connectivity index (χ1n) is 5.66. The van der Waals surface area contributed by atoms with Crippen LogP contribution in [0.15, 0.2) is 12.4 Å². The lowest BCUT2D eigenvalue weighted by molar-refractivity contribution is 0.378. The van der Waals surface area contributed by atoms with E-state index in [1.165, 1.54) is 31.6 Å². The highest BCUT2D eigenvalue weighted by Crippen LogP contribution is 2.17. The zero-order chi connectivity index (χ0) is 10.7. The van der Waals surface area contributed by atoms with Crippen LogP contribution in [0.1, 0.15) is 12.8 Å². The number of aromatic nitrogens is 2. The van der Waals surface area contributed by atoms with Crippen LogP contribution in [0, 0.1) is 5.92 Å². The minimum atomic E-state index is 0. The van der Waals surface area contributed by atoms with Crippen LogP contribution in [0.4, 0.5) is 5.69 Å². The number of nitrogens with one attached hydrogen (secondary N) is 1. The second-order valence-corrected chi connectivity index (χ2v) is 4.45. The molecule has 6 heteroatoms. The number of hydrogen-bond acceptors (Lipinski definition) is 3. The summed E-state index contributed by atoms with van der Waals surface area (Å²) in [6.07, 6.45) is 6.59. The Labute approximate surface area is 116 Å².